The van der Waals surface area contributed by atoms with Crippen molar-refractivity contribution in [2.75, 3.05) is 20.2 Å². The summed E-state index contributed by atoms with van der Waals surface area (Å²) in [6.07, 6.45) is 0. The maximum Gasteiger partial charge on any atom is 0.122 e. The van der Waals surface area contributed by atoms with Crippen LogP contribution in [0.25, 0.3) is 0 Å². The van der Waals surface area contributed by atoms with E-state index in [2.05, 4.69) is 37.4 Å². The molecule has 1 unspecified atom stereocenters. The van der Waals surface area contributed by atoms with Crippen LogP contribution in [0.2, 0.25) is 0 Å². The number of likely N-dealkylation sites (N-methyl/N-ethyl adjacent to an activating group) is 1. The predicted molar refractivity (Wildman–Crippen MR) is 64.7 cm³/mol. The van der Waals surface area contributed by atoms with Gasteiger partial charge >= 0.3 is 0 Å². The monoisotopic (exact) mass is 207 g/mol. The summed E-state index contributed by atoms with van der Waals surface area (Å²) in [5.41, 5.74) is 2.59. The molecule has 0 aliphatic heterocycles. The van der Waals surface area contributed by atoms with E-state index < -0.39 is 0 Å². The molecule has 0 fully saturated rings. The van der Waals surface area contributed by atoms with Crippen LogP contribution in [-0.2, 0) is 0 Å². The first-order valence-electron chi connectivity index (χ1n) is 5.57. The number of hydrogen-bond donors (Lipinski definition) is 1. The Balaban J connectivity index is 2.81. The molecule has 2 nitrogen and oxygen atoms in total. The van der Waals surface area contributed by atoms with Crippen molar-refractivity contribution in [3.63, 3.8) is 0 Å². The summed E-state index contributed by atoms with van der Waals surface area (Å²) in [6, 6.07) is 6.44. The summed E-state index contributed by atoms with van der Waals surface area (Å²) in [7, 11) is 1.98. The number of hydrogen-bond acceptors (Lipinski definition) is 2. The Morgan fingerprint density at radius 3 is 2.67 bits per heavy atom. The Hall–Kier alpha value is -1.02. The Bertz CT molecular complexity index is 309. The molecule has 0 aliphatic carbocycles. The van der Waals surface area contributed by atoms with Crippen molar-refractivity contribution >= 4 is 0 Å². The van der Waals surface area contributed by atoms with Crippen molar-refractivity contribution in [1.29, 1.82) is 0 Å². The number of aryl methyl sites for hydroxylation is 1. The molecule has 1 aromatic carbocycles. The van der Waals surface area contributed by atoms with Gasteiger partial charge in [-0.25, -0.2) is 0 Å². The Labute approximate surface area is 92.6 Å². The van der Waals surface area contributed by atoms with E-state index in [-0.39, 0.29) is 0 Å². The van der Waals surface area contributed by atoms with Crippen LogP contribution in [0.1, 0.15) is 30.9 Å². The zero-order chi connectivity index (χ0) is 11.3. The van der Waals surface area contributed by atoms with E-state index in [9.17, 15) is 0 Å². The first kappa shape index (κ1) is 12.1. The van der Waals surface area contributed by atoms with Crippen LogP contribution >= 0.6 is 0 Å². The lowest BCUT2D eigenvalue weighted by molar-refractivity contribution is 0.337. The van der Waals surface area contributed by atoms with Gasteiger partial charge in [-0.3, -0.25) is 0 Å². The quantitative estimate of drug-likeness (QED) is 0.801. The molecule has 0 saturated carbocycles. The number of benzene rings is 1. The van der Waals surface area contributed by atoms with Gasteiger partial charge in [0.2, 0.25) is 0 Å². The normalized spacial score (nSPS) is 12.5. The third-order valence-corrected chi connectivity index (χ3v) is 2.58. The zero-order valence-corrected chi connectivity index (χ0v) is 10.1. The molecule has 15 heavy (non-hydrogen) atoms. The molecular weight excluding hydrogens is 186 g/mol. The molecule has 0 saturated heterocycles. The van der Waals surface area contributed by atoms with Gasteiger partial charge in [0.05, 0.1) is 6.61 Å². The molecule has 0 aromatic heterocycles. The van der Waals surface area contributed by atoms with Crippen LogP contribution in [0.4, 0.5) is 0 Å². The molecule has 0 bridgehead atoms. The summed E-state index contributed by atoms with van der Waals surface area (Å²) < 4.78 is 5.52. The molecular formula is C13H21NO. The molecule has 0 spiro atoms. The largest absolute Gasteiger partial charge is 0.494 e. The minimum Gasteiger partial charge on any atom is -0.494 e. The highest BCUT2D eigenvalue weighted by Gasteiger charge is 2.06. The molecule has 1 N–H and O–H groups in total. The number of rotatable bonds is 5. The average Bonchev–Trinajstić information content (AvgIpc) is 2.21. The second-order valence-corrected chi connectivity index (χ2v) is 3.92. The van der Waals surface area contributed by atoms with Crippen LogP contribution in [-0.4, -0.2) is 20.2 Å². The zero-order valence-electron chi connectivity index (χ0n) is 10.1. The van der Waals surface area contributed by atoms with Crippen molar-refractivity contribution < 1.29 is 4.74 Å². The van der Waals surface area contributed by atoms with Crippen molar-refractivity contribution in [3.05, 3.63) is 29.3 Å². The Morgan fingerprint density at radius 1 is 1.40 bits per heavy atom. The molecule has 84 valence electrons. The minimum atomic E-state index is 0.546. The van der Waals surface area contributed by atoms with E-state index >= 15 is 0 Å². The van der Waals surface area contributed by atoms with Crippen LogP contribution in [0.15, 0.2) is 18.2 Å². The van der Waals surface area contributed by atoms with Crippen molar-refractivity contribution in [2.45, 2.75) is 26.7 Å². The highest BCUT2D eigenvalue weighted by atomic mass is 16.5. The Morgan fingerprint density at radius 2 is 2.13 bits per heavy atom. The number of nitrogens with one attached hydrogen (secondary N) is 1. The van der Waals surface area contributed by atoms with E-state index in [4.69, 9.17) is 4.74 Å². The van der Waals surface area contributed by atoms with Crippen molar-refractivity contribution in [3.8, 4) is 5.75 Å². The van der Waals surface area contributed by atoms with Gasteiger partial charge in [0.15, 0.2) is 0 Å². The summed E-state index contributed by atoms with van der Waals surface area (Å²) in [5, 5.41) is 3.19. The smallest absolute Gasteiger partial charge is 0.122 e. The summed E-state index contributed by atoms with van der Waals surface area (Å²) in [5.74, 6) is 1.54. The van der Waals surface area contributed by atoms with Gasteiger partial charge in [-0.05, 0) is 44.0 Å². The van der Waals surface area contributed by atoms with Crippen molar-refractivity contribution in [1.82, 2.24) is 5.32 Å². The molecule has 0 aliphatic rings. The highest BCUT2D eigenvalue weighted by Crippen LogP contribution is 2.23. The topological polar surface area (TPSA) is 21.3 Å². The Kier molecular flexibility index (Phi) is 4.63. The van der Waals surface area contributed by atoms with Gasteiger partial charge in [-0.1, -0.05) is 19.1 Å². The summed E-state index contributed by atoms with van der Waals surface area (Å²) >= 11 is 0. The van der Waals surface area contributed by atoms with Crippen LogP contribution in [0.5, 0.6) is 5.75 Å². The first-order valence-corrected chi connectivity index (χ1v) is 5.57. The highest BCUT2D eigenvalue weighted by molar-refractivity contribution is 5.37. The van der Waals surface area contributed by atoms with Gasteiger partial charge in [0.25, 0.3) is 0 Å². The van der Waals surface area contributed by atoms with E-state index in [1.165, 1.54) is 11.1 Å². The maximum atomic E-state index is 5.52. The molecule has 2 heteroatoms. The summed E-state index contributed by atoms with van der Waals surface area (Å²) in [4.78, 5) is 0. The van der Waals surface area contributed by atoms with E-state index in [1.807, 2.05) is 14.0 Å². The molecule has 1 rings (SSSR count). The minimum absolute atomic E-state index is 0.546. The second kappa shape index (κ2) is 5.76. The average molecular weight is 207 g/mol. The summed E-state index contributed by atoms with van der Waals surface area (Å²) in [6.45, 7) is 8.07. The third kappa shape index (κ3) is 3.24. The molecule has 0 heterocycles. The lowest BCUT2D eigenvalue weighted by Crippen LogP contribution is -2.14. The lowest BCUT2D eigenvalue weighted by Gasteiger charge is -2.14. The van der Waals surface area contributed by atoms with E-state index in [0.29, 0.717) is 5.92 Å². The maximum absolute atomic E-state index is 5.52. The van der Waals surface area contributed by atoms with Crippen LogP contribution < -0.4 is 10.1 Å². The molecule has 1 atom stereocenters. The fourth-order valence-corrected chi connectivity index (χ4v) is 1.72. The lowest BCUT2D eigenvalue weighted by atomic mass is 9.99. The number of ether oxygens (including phenoxy) is 1. The molecule has 0 radical (unpaired) electrons. The fraction of sp³-hybridized carbons (Fsp3) is 0.538. The van der Waals surface area contributed by atoms with Gasteiger partial charge in [0.1, 0.15) is 5.75 Å². The first-order chi connectivity index (χ1) is 7.19. The predicted octanol–water partition coefficient (Wildman–Crippen LogP) is 2.72. The standard InChI is InChI=1S/C13H21NO/c1-5-15-13-7-6-12(8-10(13)2)11(3)9-14-4/h6-8,11,14H,5,9H2,1-4H3. The van der Waals surface area contributed by atoms with E-state index in [1.54, 1.807) is 0 Å². The van der Waals surface area contributed by atoms with Crippen molar-refractivity contribution in [2.24, 2.45) is 0 Å². The van der Waals surface area contributed by atoms with Crippen LogP contribution in [0, 0.1) is 6.92 Å². The van der Waals surface area contributed by atoms with Crippen LogP contribution in [0.3, 0.4) is 0 Å². The van der Waals surface area contributed by atoms with E-state index in [0.717, 1.165) is 18.9 Å². The third-order valence-electron chi connectivity index (χ3n) is 2.58. The second-order valence-electron chi connectivity index (χ2n) is 3.92. The fourth-order valence-electron chi connectivity index (χ4n) is 1.72. The van der Waals surface area contributed by atoms with Gasteiger partial charge in [0, 0.05) is 6.54 Å². The van der Waals surface area contributed by atoms with Gasteiger partial charge < -0.3 is 10.1 Å². The SMILES string of the molecule is CCOc1ccc(C(C)CNC)cc1C. The van der Waals surface area contributed by atoms with Gasteiger partial charge in [-0.15, -0.1) is 0 Å². The molecule has 1 aromatic rings. The molecule has 0 amide bonds. The van der Waals surface area contributed by atoms with Gasteiger partial charge in [-0.2, -0.15) is 0 Å².